The van der Waals surface area contributed by atoms with Crippen LogP contribution in [0.1, 0.15) is 78.5 Å². The van der Waals surface area contributed by atoms with Gasteiger partial charge in [-0.25, -0.2) is 44.7 Å². The number of nitrogens with zero attached hydrogens (tertiary/aromatic N) is 6. The fourth-order valence-electron chi connectivity index (χ4n) is 8.00. The van der Waals surface area contributed by atoms with Gasteiger partial charge in [0.15, 0.2) is 0 Å². The molecule has 0 aliphatic heterocycles. The van der Waals surface area contributed by atoms with Gasteiger partial charge in [-0.15, -0.1) is 4.40 Å². The van der Waals surface area contributed by atoms with E-state index >= 15 is 8.78 Å². The molecule has 65 heavy (non-hydrogen) atoms. The number of pyridine rings is 1. The van der Waals surface area contributed by atoms with E-state index in [1.165, 1.54) is 18.3 Å². The monoisotopic (exact) mass is 953 g/mol. The number of amides is 1. The molecule has 3 heterocycles. The Kier molecular flexibility index (Phi) is 12.1. The van der Waals surface area contributed by atoms with Crippen molar-refractivity contribution in [2.45, 2.75) is 75.1 Å². The molecule has 3 aliphatic carbocycles. The lowest BCUT2D eigenvalue weighted by atomic mass is 10.0. The summed E-state index contributed by atoms with van der Waals surface area (Å²) in [6.45, 7) is -0.241. The van der Waals surface area contributed by atoms with Crippen molar-refractivity contribution in [2.24, 2.45) is 16.0 Å². The van der Waals surface area contributed by atoms with Gasteiger partial charge in [-0.2, -0.15) is 13.9 Å². The summed E-state index contributed by atoms with van der Waals surface area (Å²) in [5, 5.41) is 7.51. The quantitative estimate of drug-likeness (QED) is 0.0501. The number of nitrogens with one attached hydrogen (secondary N) is 2. The van der Waals surface area contributed by atoms with Crippen LogP contribution in [0, 0.1) is 17.6 Å². The van der Waals surface area contributed by atoms with Gasteiger partial charge in [-0.3, -0.25) is 18.8 Å². The Morgan fingerprint density at radius 3 is 2.43 bits per heavy atom. The van der Waals surface area contributed by atoms with Gasteiger partial charge < -0.3 is 21.1 Å². The normalized spacial score (nSPS) is 18.1. The van der Waals surface area contributed by atoms with E-state index in [2.05, 4.69) is 30.1 Å². The molecule has 3 atom stereocenters. The summed E-state index contributed by atoms with van der Waals surface area (Å²) in [5.74, 6) is -10.1. The Morgan fingerprint density at radius 1 is 1.08 bits per heavy atom. The van der Waals surface area contributed by atoms with Crippen LogP contribution in [0.25, 0.3) is 16.9 Å². The zero-order valence-corrected chi connectivity index (χ0v) is 35.3. The van der Waals surface area contributed by atoms with Crippen LogP contribution >= 0.6 is 11.6 Å². The fraction of sp³-hybridized carbons (Fsp3) is 0.366. The summed E-state index contributed by atoms with van der Waals surface area (Å²) < 4.78 is 153. The van der Waals surface area contributed by atoms with Gasteiger partial charge in [0.2, 0.25) is 11.8 Å². The highest BCUT2D eigenvalue weighted by molar-refractivity contribution is 7.91. The smallest absolute Gasteiger partial charge is 0.293 e. The molecule has 2 saturated carbocycles. The third kappa shape index (κ3) is 9.11. The molecule has 344 valence electrons. The molecule has 8 rings (SSSR count). The van der Waals surface area contributed by atoms with E-state index in [1.807, 2.05) is 0 Å². The third-order valence-corrected chi connectivity index (χ3v) is 13.1. The summed E-state index contributed by atoms with van der Waals surface area (Å²) in [7, 11) is -4.22. The second kappa shape index (κ2) is 17.4. The number of anilines is 1. The number of nitrogens with two attached hydrogens (primary N) is 1. The number of ether oxygens (including phenoxy) is 1. The van der Waals surface area contributed by atoms with Gasteiger partial charge in [0.05, 0.1) is 52.1 Å². The Hall–Kier alpha value is -6.10. The minimum absolute atomic E-state index is 0.0539. The lowest BCUT2D eigenvalue weighted by molar-refractivity contribution is -0.123. The van der Waals surface area contributed by atoms with Crippen LogP contribution in [0.15, 0.2) is 63.9 Å². The van der Waals surface area contributed by atoms with Crippen LogP contribution in [0.4, 0.5) is 40.8 Å². The molecule has 14 nitrogen and oxygen atoms in total. The van der Waals surface area contributed by atoms with Crippen molar-refractivity contribution in [1.29, 1.82) is 0 Å². The van der Waals surface area contributed by atoms with E-state index in [1.54, 1.807) is 6.92 Å². The van der Waals surface area contributed by atoms with E-state index < -0.39 is 129 Å². The number of hydrogen-bond donors (Lipinski definition) is 3. The number of rotatable bonds is 17. The highest BCUT2D eigenvalue weighted by atomic mass is 35.5. The maximum atomic E-state index is 15.5. The molecule has 2 aromatic carbocycles. The van der Waals surface area contributed by atoms with Gasteiger partial charge in [0.1, 0.15) is 41.2 Å². The fourth-order valence-corrected chi connectivity index (χ4v) is 9.50. The van der Waals surface area contributed by atoms with E-state index in [9.17, 15) is 44.3 Å². The molecular formula is C41H36ClF8N9O5S. The molecule has 0 radical (unpaired) electrons. The number of hydrogen-bond acceptors (Lipinski definition) is 9. The zero-order valence-electron chi connectivity index (χ0n) is 33.7. The molecule has 4 N–H and O–H groups in total. The number of benzene rings is 2. The lowest BCUT2D eigenvalue weighted by Gasteiger charge is -2.26. The first-order chi connectivity index (χ1) is 30.8. The second-order valence-electron chi connectivity index (χ2n) is 15.6. The summed E-state index contributed by atoms with van der Waals surface area (Å²) in [5.41, 5.74) is 1.76. The molecule has 3 aliphatic rings. The predicted octanol–water partition coefficient (Wildman–Crippen LogP) is 6.94. The summed E-state index contributed by atoms with van der Waals surface area (Å²) in [4.78, 5) is 37.6. The zero-order chi connectivity index (χ0) is 46.7. The number of carbonyl (C=O) groups excluding carboxylic acids is 1. The topological polar surface area (TPSA) is 188 Å². The molecule has 0 unspecified atom stereocenters. The van der Waals surface area contributed by atoms with Crippen molar-refractivity contribution in [3.05, 3.63) is 116 Å². The molecule has 1 amide bonds. The summed E-state index contributed by atoms with van der Waals surface area (Å²) in [6, 6.07) is 6.84. The van der Waals surface area contributed by atoms with Crippen molar-refractivity contribution in [3.63, 3.8) is 0 Å². The average molecular weight is 954 g/mol. The maximum absolute atomic E-state index is 15.5. The van der Waals surface area contributed by atoms with E-state index in [4.69, 9.17) is 22.1 Å². The SMILES string of the molecule is CCOc1ccc(-c2cc(=O)n(-c3ccc(Cl)c(C(N)=NS(=O)(=O)C4CC4)c3NCC(F)F)c([C@H](Cc3cc(F)cc(F)c3)NC(=O)Cn3nc(C(F)F)c4c3C(F)(F)[C@@H]3C[C@H]43)n2)cn1. The number of halogens is 9. The van der Waals surface area contributed by atoms with Crippen LogP contribution < -0.4 is 26.7 Å². The Morgan fingerprint density at radius 2 is 1.80 bits per heavy atom. The van der Waals surface area contributed by atoms with Crippen LogP contribution in [-0.4, -0.2) is 69.3 Å². The molecule has 5 aromatic rings. The van der Waals surface area contributed by atoms with E-state index in [-0.39, 0.29) is 64.8 Å². The van der Waals surface area contributed by atoms with Gasteiger partial charge >= 0.3 is 0 Å². The molecule has 3 aromatic heterocycles. The molecule has 0 spiro atoms. The van der Waals surface area contributed by atoms with Gasteiger partial charge in [0, 0.05) is 47.9 Å². The molecule has 2 fully saturated rings. The Labute approximate surface area is 368 Å². The van der Waals surface area contributed by atoms with Crippen LogP contribution in [0.3, 0.4) is 0 Å². The first-order valence-electron chi connectivity index (χ1n) is 20.0. The van der Waals surface area contributed by atoms with Crippen molar-refractivity contribution >= 4 is 39.1 Å². The molecular weight excluding hydrogens is 918 g/mol. The molecule has 0 bridgehead atoms. The highest BCUT2D eigenvalue weighted by Gasteiger charge is 2.67. The third-order valence-electron chi connectivity index (χ3n) is 11.0. The van der Waals surface area contributed by atoms with Crippen molar-refractivity contribution in [2.75, 3.05) is 18.5 Å². The highest BCUT2D eigenvalue weighted by Crippen LogP contribution is 2.68. The Balaban J connectivity index is 1.32. The molecule has 24 heteroatoms. The van der Waals surface area contributed by atoms with Gasteiger partial charge in [0.25, 0.3) is 34.4 Å². The number of fused-ring (bicyclic) bond motifs is 3. The van der Waals surface area contributed by atoms with Gasteiger partial charge in [-0.1, -0.05) is 11.6 Å². The minimum Gasteiger partial charge on any atom is -0.478 e. The maximum Gasteiger partial charge on any atom is 0.293 e. The molecule has 0 saturated heterocycles. The Bertz CT molecular complexity index is 2870. The summed E-state index contributed by atoms with van der Waals surface area (Å²) in [6.07, 6.45) is -5.13. The average Bonchev–Trinajstić information content (AvgIpc) is 4.16. The van der Waals surface area contributed by atoms with Gasteiger partial charge in [-0.05, 0) is 68.0 Å². The first-order valence-corrected chi connectivity index (χ1v) is 21.8. The van der Waals surface area contributed by atoms with Crippen LogP contribution in [-0.2, 0) is 33.7 Å². The largest absolute Gasteiger partial charge is 0.478 e. The predicted molar refractivity (Wildman–Crippen MR) is 219 cm³/mol. The van der Waals surface area contributed by atoms with E-state index in [0.717, 1.165) is 34.9 Å². The number of alkyl halides is 6. The van der Waals surface area contributed by atoms with Crippen LogP contribution in [0.2, 0.25) is 5.02 Å². The lowest BCUT2D eigenvalue weighted by Crippen LogP contribution is -2.38. The summed E-state index contributed by atoms with van der Waals surface area (Å²) >= 11 is 6.54. The van der Waals surface area contributed by atoms with Crippen LogP contribution in [0.5, 0.6) is 5.88 Å². The second-order valence-corrected chi connectivity index (χ2v) is 17.8. The number of aromatic nitrogens is 5. The first kappa shape index (κ1) is 45.5. The number of carbonyl (C=O) groups is 1. The standard InChI is InChI=1S/C41H36ClF8N9O5S/c1-2-64-31-8-3-19(15-52-31)26-14-32(61)59(28-7-6-25(42)34(35(28)53-16-29(45)46)39(51)57-65(62,63)22-4-5-22)40(55-26)27(11-18-9-20(43)12-21(44)10-18)54-30(60)17-58-37-33(36(56-58)38(47)48)23-13-24(23)41(37,49)50/h3,6-10,12,14-15,22-24,27,29,38,53H,2,4-5,11,13,16-17H2,1H3,(H2,51,57)(H,54,60)/t23-,24+,27-/m0/s1. The van der Waals surface area contributed by atoms with Crippen molar-refractivity contribution < 1.29 is 53.1 Å². The van der Waals surface area contributed by atoms with E-state index in [0.29, 0.717) is 10.7 Å². The van der Waals surface area contributed by atoms with Crippen molar-refractivity contribution in [1.82, 2.24) is 29.6 Å². The number of amidine groups is 1. The van der Waals surface area contributed by atoms with Crippen molar-refractivity contribution in [3.8, 4) is 22.8 Å². The number of sulfonamides is 1. The minimum atomic E-state index is -4.22.